The molecule has 0 saturated heterocycles. The predicted octanol–water partition coefficient (Wildman–Crippen LogP) is 2.35. The Bertz CT molecular complexity index is 974. The number of nitro groups is 1. The van der Waals surface area contributed by atoms with Gasteiger partial charge in [-0.05, 0) is 43.5 Å². The normalized spacial score (nSPS) is 10.5. The van der Waals surface area contributed by atoms with Gasteiger partial charge in [0.2, 0.25) is 0 Å². The highest BCUT2D eigenvalue weighted by Crippen LogP contribution is 2.17. The molecule has 0 bridgehead atoms. The third kappa shape index (κ3) is 3.69. The van der Waals surface area contributed by atoms with E-state index in [0.29, 0.717) is 5.56 Å². The van der Waals surface area contributed by atoms with Crippen molar-refractivity contribution in [1.82, 2.24) is 4.57 Å². The summed E-state index contributed by atoms with van der Waals surface area (Å²) in [7, 11) is 1.06. The van der Waals surface area contributed by atoms with Crippen LogP contribution in [-0.4, -0.2) is 28.4 Å². The van der Waals surface area contributed by atoms with Crippen molar-refractivity contribution >= 4 is 17.4 Å². The quantitative estimate of drug-likeness (QED) is 0.351. The Labute approximate surface area is 149 Å². The lowest BCUT2D eigenvalue weighted by Gasteiger charge is -2.11. The maximum atomic E-state index is 12.6. The lowest BCUT2D eigenvalue weighted by molar-refractivity contribution is -0.385. The van der Waals surface area contributed by atoms with Gasteiger partial charge in [-0.1, -0.05) is 6.07 Å². The number of aryl methyl sites for hydroxylation is 3. The number of Topliss-reactive ketones (excluding diaryl/α,β-unsaturated/α-hetero) is 1. The maximum absolute atomic E-state index is 12.6. The van der Waals surface area contributed by atoms with Gasteiger partial charge in [0.1, 0.15) is 5.56 Å². The Balaban J connectivity index is 2.52. The van der Waals surface area contributed by atoms with Gasteiger partial charge >= 0.3 is 5.97 Å². The van der Waals surface area contributed by atoms with E-state index in [1.54, 1.807) is 13.0 Å². The van der Waals surface area contributed by atoms with Gasteiger partial charge < -0.3 is 9.30 Å². The molecule has 136 valence electrons. The number of hydrogen-bond donors (Lipinski definition) is 0. The van der Waals surface area contributed by atoms with Gasteiger partial charge in [0.25, 0.3) is 11.2 Å². The van der Waals surface area contributed by atoms with Crippen LogP contribution in [-0.2, 0) is 11.3 Å². The number of rotatable bonds is 5. The first-order valence-electron chi connectivity index (χ1n) is 7.74. The fourth-order valence-corrected chi connectivity index (χ4v) is 2.59. The van der Waals surface area contributed by atoms with Crippen LogP contribution in [0.1, 0.15) is 37.4 Å². The largest absolute Gasteiger partial charge is 0.465 e. The standard InChI is InChI=1S/C18H18N2O6/c1-10-5-12(3)14(6-11(10)2)16(21)9-19-8-13(20(24)25)7-15(17(19)22)18(23)26-4/h5-8H,9H2,1-4H3. The average molecular weight is 358 g/mol. The van der Waals surface area contributed by atoms with Crippen LogP contribution < -0.4 is 5.56 Å². The first-order chi connectivity index (χ1) is 12.1. The van der Waals surface area contributed by atoms with E-state index in [1.807, 2.05) is 19.9 Å². The van der Waals surface area contributed by atoms with E-state index in [1.165, 1.54) is 0 Å². The Hall–Kier alpha value is -3.29. The van der Waals surface area contributed by atoms with Gasteiger partial charge in [0.05, 0.1) is 24.8 Å². The number of methoxy groups -OCH3 is 1. The van der Waals surface area contributed by atoms with E-state index in [0.717, 1.165) is 40.6 Å². The maximum Gasteiger partial charge on any atom is 0.343 e. The smallest absolute Gasteiger partial charge is 0.343 e. The first-order valence-corrected chi connectivity index (χ1v) is 7.74. The molecule has 1 aromatic carbocycles. The van der Waals surface area contributed by atoms with Crippen molar-refractivity contribution in [3.05, 3.63) is 72.7 Å². The van der Waals surface area contributed by atoms with Crippen molar-refractivity contribution in [3.63, 3.8) is 0 Å². The number of ketones is 1. The Kier molecular flexibility index (Phi) is 5.35. The number of pyridine rings is 1. The first kappa shape index (κ1) is 19.0. The number of ether oxygens (including phenoxy) is 1. The number of hydrogen-bond acceptors (Lipinski definition) is 6. The molecule has 0 aliphatic heterocycles. The summed E-state index contributed by atoms with van der Waals surface area (Å²) in [6.45, 7) is 5.13. The summed E-state index contributed by atoms with van der Waals surface area (Å²) >= 11 is 0. The van der Waals surface area contributed by atoms with E-state index in [2.05, 4.69) is 4.74 Å². The molecule has 8 nitrogen and oxygen atoms in total. The van der Waals surface area contributed by atoms with E-state index in [9.17, 15) is 24.5 Å². The number of carbonyl (C=O) groups excluding carboxylic acids is 2. The molecule has 1 aromatic heterocycles. The SMILES string of the molecule is COC(=O)c1cc([N+](=O)[O-])cn(CC(=O)c2cc(C)c(C)cc2C)c1=O. The lowest BCUT2D eigenvalue weighted by atomic mass is 9.98. The molecule has 0 unspecified atom stereocenters. The molecule has 0 amide bonds. The van der Waals surface area contributed by atoms with E-state index in [-0.39, 0.29) is 5.78 Å². The summed E-state index contributed by atoms with van der Waals surface area (Å²) in [5.74, 6) is -1.38. The molecule has 2 aromatic rings. The summed E-state index contributed by atoms with van der Waals surface area (Å²) in [5, 5.41) is 11.1. The van der Waals surface area contributed by atoms with E-state index in [4.69, 9.17) is 0 Å². The molecule has 0 atom stereocenters. The second-order valence-corrected chi connectivity index (χ2v) is 5.97. The monoisotopic (exact) mass is 358 g/mol. The minimum atomic E-state index is -0.998. The Morgan fingerprint density at radius 2 is 1.69 bits per heavy atom. The molecule has 0 fully saturated rings. The highest BCUT2D eigenvalue weighted by atomic mass is 16.6. The molecule has 2 rings (SSSR count). The van der Waals surface area contributed by atoms with Gasteiger partial charge in [0.15, 0.2) is 5.78 Å². The summed E-state index contributed by atoms with van der Waals surface area (Å²) in [6.07, 6.45) is 0.947. The topological polar surface area (TPSA) is 109 Å². The molecular formula is C18H18N2O6. The van der Waals surface area contributed by atoms with E-state index < -0.39 is 34.2 Å². The van der Waals surface area contributed by atoms with Crippen LogP contribution in [0.4, 0.5) is 5.69 Å². The molecule has 0 aliphatic carbocycles. The molecule has 0 aliphatic rings. The number of nitrogens with zero attached hydrogens (tertiary/aromatic N) is 2. The summed E-state index contributed by atoms with van der Waals surface area (Å²) < 4.78 is 5.35. The fraction of sp³-hybridized carbons (Fsp3) is 0.278. The van der Waals surface area contributed by atoms with Crippen molar-refractivity contribution < 1.29 is 19.2 Å². The average Bonchev–Trinajstić information content (AvgIpc) is 2.58. The number of benzene rings is 1. The van der Waals surface area contributed by atoms with Crippen LogP contribution in [0.3, 0.4) is 0 Å². The van der Waals surface area contributed by atoms with Crippen LogP contribution >= 0.6 is 0 Å². The van der Waals surface area contributed by atoms with Gasteiger partial charge in [-0.15, -0.1) is 0 Å². The van der Waals surface area contributed by atoms with Crippen molar-refractivity contribution in [2.24, 2.45) is 0 Å². The van der Waals surface area contributed by atoms with Crippen molar-refractivity contribution in [1.29, 1.82) is 0 Å². The lowest BCUT2D eigenvalue weighted by Crippen LogP contribution is -2.29. The minimum absolute atomic E-state index is 0.385. The third-order valence-electron chi connectivity index (χ3n) is 4.14. The number of carbonyl (C=O) groups is 2. The van der Waals surface area contributed by atoms with Crippen molar-refractivity contribution in [2.75, 3.05) is 7.11 Å². The zero-order valence-electron chi connectivity index (χ0n) is 14.9. The predicted molar refractivity (Wildman–Crippen MR) is 93.7 cm³/mol. The summed E-state index contributed by atoms with van der Waals surface area (Å²) in [6, 6.07) is 4.42. The zero-order valence-corrected chi connectivity index (χ0v) is 14.9. The molecule has 8 heteroatoms. The zero-order chi connectivity index (χ0) is 19.6. The van der Waals surface area contributed by atoms with Crippen molar-refractivity contribution in [3.8, 4) is 0 Å². The molecule has 0 saturated carbocycles. The van der Waals surface area contributed by atoms with Crippen LogP contribution in [0.25, 0.3) is 0 Å². The Morgan fingerprint density at radius 3 is 2.27 bits per heavy atom. The van der Waals surface area contributed by atoms with Gasteiger partial charge in [-0.2, -0.15) is 0 Å². The number of aromatic nitrogens is 1. The van der Waals surface area contributed by atoms with Crippen LogP contribution in [0.15, 0.2) is 29.2 Å². The third-order valence-corrected chi connectivity index (χ3v) is 4.14. The second-order valence-electron chi connectivity index (χ2n) is 5.97. The van der Waals surface area contributed by atoms with Gasteiger partial charge in [-0.25, -0.2) is 4.79 Å². The molecule has 0 spiro atoms. The van der Waals surface area contributed by atoms with Crippen LogP contribution in [0.2, 0.25) is 0 Å². The Morgan fingerprint density at radius 1 is 1.08 bits per heavy atom. The highest BCUT2D eigenvalue weighted by molar-refractivity contribution is 5.97. The van der Waals surface area contributed by atoms with Crippen LogP contribution in [0.5, 0.6) is 0 Å². The molecule has 0 radical (unpaired) electrons. The molecule has 26 heavy (non-hydrogen) atoms. The fourth-order valence-electron chi connectivity index (χ4n) is 2.59. The van der Waals surface area contributed by atoms with E-state index >= 15 is 0 Å². The minimum Gasteiger partial charge on any atom is -0.465 e. The summed E-state index contributed by atoms with van der Waals surface area (Å²) in [5.41, 5.74) is 1.31. The summed E-state index contributed by atoms with van der Waals surface area (Å²) in [4.78, 5) is 47.1. The molecular weight excluding hydrogens is 340 g/mol. The van der Waals surface area contributed by atoms with Gasteiger partial charge in [0, 0.05) is 11.6 Å². The highest BCUT2D eigenvalue weighted by Gasteiger charge is 2.21. The number of esters is 1. The molecule has 0 N–H and O–H groups in total. The van der Waals surface area contributed by atoms with Crippen molar-refractivity contribution in [2.45, 2.75) is 27.3 Å². The van der Waals surface area contributed by atoms with Crippen LogP contribution in [0, 0.1) is 30.9 Å². The second kappa shape index (κ2) is 7.30. The van der Waals surface area contributed by atoms with Gasteiger partial charge in [-0.3, -0.25) is 19.7 Å². The molecule has 1 heterocycles.